The molecule has 1 aromatic rings. The minimum atomic E-state index is 0.728. The molecule has 2 heteroatoms. The first-order valence-electron chi connectivity index (χ1n) is 5.70. The Morgan fingerprint density at radius 3 is 2.60 bits per heavy atom. The van der Waals surface area contributed by atoms with Gasteiger partial charge >= 0.3 is 0 Å². The van der Waals surface area contributed by atoms with Crippen LogP contribution in [-0.4, -0.2) is 19.7 Å². The Bertz CT molecular complexity index is 267. The van der Waals surface area contributed by atoms with E-state index in [0.29, 0.717) is 0 Å². The minimum Gasteiger partial charge on any atom is -0.376 e. The van der Waals surface area contributed by atoms with Gasteiger partial charge in [0.1, 0.15) is 0 Å². The molecule has 0 atom stereocenters. The highest BCUT2D eigenvalue weighted by molar-refractivity contribution is 5.13. The average molecular weight is 204 g/mol. The van der Waals surface area contributed by atoms with Crippen molar-refractivity contribution in [2.24, 2.45) is 5.92 Å². The van der Waals surface area contributed by atoms with Crippen LogP contribution in [0.25, 0.3) is 0 Å². The molecule has 1 fully saturated rings. The molecular formula is C13H18NO. The molecule has 2 nitrogen and oxygen atoms in total. The molecule has 15 heavy (non-hydrogen) atoms. The molecule has 0 saturated carbocycles. The lowest BCUT2D eigenvalue weighted by atomic mass is 9.99. The Morgan fingerprint density at radius 2 is 1.87 bits per heavy atom. The maximum Gasteiger partial charge on any atom is 0.0717 e. The number of benzene rings is 1. The Hall–Kier alpha value is -0.860. The number of rotatable bonds is 4. The first-order valence-corrected chi connectivity index (χ1v) is 5.70. The van der Waals surface area contributed by atoms with Gasteiger partial charge in [0.15, 0.2) is 0 Å². The quantitative estimate of drug-likeness (QED) is 0.737. The maximum absolute atomic E-state index is 5.72. The van der Waals surface area contributed by atoms with Crippen LogP contribution in [0.5, 0.6) is 0 Å². The van der Waals surface area contributed by atoms with Crippen molar-refractivity contribution < 1.29 is 4.74 Å². The van der Waals surface area contributed by atoms with Crippen LogP contribution in [0.2, 0.25) is 0 Å². The third-order valence-corrected chi connectivity index (χ3v) is 2.86. The van der Waals surface area contributed by atoms with Crippen molar-refractivity contribution in [1.29, 1.82) is 0 Å². The summed E-state index contributed by atoms with van der Waals surface area (Å²) in [7, 11) is 0. The average Bonchev–Trinajstić information content (AvgIpc) is 2.32. The van der Waals surface area contributed by atoms with Gasteiger partial charge in [-0.05, 0) is 24.3 Å². The summed E-state index contributed by atoms with van der Waals surface area (Å²) in [4.78, 5) is 0. The summed E-state index contributed by atoms with van der Waals surface area (Å²) in [5.74, 6) is 0.728. The molecule has 0 bridgehead atoms. The molecule has 1 aliphatic rings. The number of ether oxygens (including phenoxy) is 1. The van der Waals surface area contributed by atoms with E-state index in [9.17, 15) is 0 Å². The van der Waals surface area contributed by atoms with Gasteiger partial charge in [-0.3, -0.25) is 0 Å². The van der Waals surface area contributed by atoms with Crippen molar-refractivity contribution in [3.05, 3.63) is 35.9 Å². The lowest BCUT2D eigenvalue weighted by Crippen LogP contribution is -2.25. The van der Waals surface area contributed by atoms with Gasteiger partial charge in [0.2, 0.25) is 0 Å². The molecule has 1 heterocycles. The van der Waals surface area contributed by atoms with Crippen molar-refractivity contribution in [2.75, 3.05) is 19.7 Å². The van der Waals surface area contributed by atoms with Crippen LogP contribution in [-0.2, 0) is 11.3 Å². The number of nitrogens with zero attached hydrogens (tertiary/aromatic N) is 1. The van der Waals surface area contributed by atoms with Gasteiger partial charge in [0.05, 0.1) is 6.61 Å². The summed E-state index contributed by atoms with van der Waals surface area (Å²) in [6.07, 6.45) is 2.41. The molecule has 0 unspecified atom stereocenters. The minimum absolute atomic E-state index is 0.728. The predicted molar refractivity (Wildman–Crippen MR) is 60.7 cm³/mol. The fourth-order valence-corrected chi connectivity index (χ4v) is 1.89. The summed E-state index contributed by atoms with van der Waals surface area (Å²) in [5, 5.41) is 4.34. The van der Waals surface area contributed by atoms with E-state index in [4.69, 9.17) is 4.74 Å². The van der Waals surface area contributed by atoms with E-state index in [0.717, 1.165) is 32.2 Å². The molecular weight excluding hydrogens is 186 g/mol. The maximum atomic E-state index is 5.72. The topological polar surface area (TPSA) is 23.3 Å². The Morgan fingerprint density at radius 1 is 1.13 bits per heavy atom. The fraction of sp³-hybridized carbons (Fsp3) is 0.538. The van der Waals surface area contributed by atoms with Crippen LogP contribution in [0.4, 0.5) is 0 Å². The molecule has 2 rings (SSSR count). The standard InChI is InChI=1S/C13H18NO/c1-2-4-12(5-3-1)10-15-11-13-6-8-14-9-7-13/h1-5,13H,6-11H2. The molecule has 0 amide bonds. The zero-order valence-electron chi connectivity index (χ0n) is 9.06. The van der Waals surface area contributed by atoms with Gasteiger partial charge in [0, 0.05) is 19.7 Å². The predicted octanol–water partition coefficient (Wildman–Crippen LogP) is 2.22. The van der Waals surface area contributed by atoms with Gasteiger partial charge in [-0.25, -0.2) is 5.32 Å². The van der Waals surface area contributed by atoms with E-state index in [2.05, 4.69) is 29.6 Å². The van der Waals surface area contributed by atoms with Crippen LogP contribution >= 0.6 is 0 Å². The van der Waals surface area contributed by atoms with E-state index < -0.39 is 0 Å². The van der Waals surface area contributed by atoms with Crippen LogP contribution in [0.3, 0.4) is 0 Å². The number of hydrogen-bond acceptors (Lipinski definition) is 1. The van der Waals surface area contributed by atoms with Crippen molar-refractivity contribution in [3.8, 4) is 0 Å². The summed E-state index contributed by atoms with van der Waals surface area (Å²) < 4.78 is 5.72. The van der Waals surface area contributed by atoms with E-state index in [-0.39, 0.29) is 0 Å². The zero-order chi connectivity index (χ0) is 10.3. The molecule has 0 N–H and O–H groups in total. The highest BCUT2D eigenvalue weighted by Gasteiger charge is 2.13. The fourth-order valence-electron chi connectivity index (χ4n) is 1.89. The Labute approximate surface area is 91.6 Å². The summed E-state index contributed by atoms with van der Waals surface area (Å²) in [5.41, 5.74) is 1.26. The normalized spacial score (nSPS) is 17.9. The lowest BCUT2D eigenvalue weighted by molar-refractivity contribution is 0.0760. The molecule has 1 saturated heterocycles. The third-order valence-electron chi connectivity index (χ3n) is 2.86. The van der Waals surface area contributed by atoms with Crippen molar-refractivity contribution in [3.63, 3.8) is 0 Å². The largest absolute Gasteiger partial charge is 0.376 e. The monoisotopic (exact) mass is 204 g/mol. The summed E-state index contributed by atoms with van der Waals surface area (Å²) in [6.45, 7) is 3.69. The molecule has 1 aliphatic heterocycles. The van der Waals surface area contributed by atoms with Crippen molar-refractivity contribution in [1.82, 2.24) is 5.32 Å². The second kappa shape index (κ2) is 5.89. The Balaban J connectivity index is 1.66. The molecule has 0 aromatic heterocycles. The Kier molecular flexibility index (Phi) is 4.18. The SMILES string of the molecule is c1ccc(COCC2CC[N]CC2)cc1. The van der Waals surface area contributed by atoms with E-state index >= 15 is 0 Å². The first kappa shape index (κ1) is 10.7. The van der Waals surface area contributed by atoms with Crippen LogP contribution in [0.1, 0.15) is 18.4 Å². The van der Waals surface area contributed by atoms with Crippen LogP contribution in [0, 0.1) is 5.92 Å². The van der Waals surface area contributed by atoms with Gasteiger partial charge < -0.3 is 4.74 Å². The first-order chi connectivity index (χ1) is 7.45. The smallest absolute Gasteiger partial charge is 0.0717 e. The second-order valence-electron chi connectivity index (χ2n) is 4.11. The third kappa shape index (κ3) is 3.65. The highest BCUT2D eigenvalue weighted by atomic mass is 16.5. The van der Waals surface area contributed by atoms with Gasteiger partial charge in [0.25, 0.3) is 0 Å². The molecule has 81 valence electrons. The van der Waals surface area contributed by atoms with Gasteiger partial charge in [-0.2, -0.15) is 0 Å². The lowest BCUT2D eigenvalue weighted by Gasteiger charge is -2.21. The number of hydrogen-bond donors (Lipinski definition) is 0. The van der Waals surface area contributed by atoms with E-state index in [1.54, 1.807) is 0 Å². The van der Waals surface area contributed by atoms with Gasteiger partial charge in [-0.1, -0.05) is 30.3 Å². The van der Waals surface area contributed by atoms with E-state index in [1.165, 1.54) is 18.4 Å². The van der Waals surface area contributed by atoms with E-state index in [1.807, 2.05) is 6.07 Å². The molecule has 0 spiro atoms. The number of piperidine rings is 1. The summed E-state index contributed by atoms with van der Waals surface area (Å²) >= 11 is 0. The van der Waals surface area contributed by atoms with Crippen LogP contribution in [0.15, 0.2) is 30.3 Å². The molecule has 1 aromatic carbocycles. The highest BCUT2D eigenvalue weighted by Crippen LogP contribution is 2.13. The van der Waals surface area contributed by atoms with Crippen molar-refractivity contribution >= 4 is 0 Å². The zero-order valence-corrected chi connectivity index (χ0v) is 9.06. The molecule has 0 aliphatic carbocycles. The van der Waals surface area contributed by atoms with Crippen molar-refractivity contribution in [2.45, 2.75) is 19.4 Å². The van der Waals surface area contributed by atoms with Crippen LogP contribution < -0.4 is 5.32 Å². The second-order valence-corrected chi connectivity index (χ2v) is 4.11. The molecule has 1 radical (unpaired) electrons. The summed E-state index contributed by atoms with van der Waals surface area (Å²) in [6, 6.07) is 10.4. The van der Waals surface area contributed by atoms with Gasteiger partial charge in [-0.15, -0.1) is 0 Å².